The molecule has 1 fully saturated rings. The van der Waals surface area contributed by atoms with E-state index in [-0.39, 0.29) is 30.2 Å². The molecule has 0 radical (unpaired) electrons. The lowest BCUT2D eigenvalue weighted by molar-refractivity contribution is 0.0945. The molecule has 25 heavy (non-hydrogen) atoms. The second-order valence-electron chi connectivity index (χ2n) is 6.95. The number of sulfonamides is 1. The number of amides is 1. The third-order valence-corrected chi connectivity index (χ3v) is 6.64. The van der Waals surface area contributed by atoms with Crippen LogP contribution in [0.2, 0.25) is 0 Å². The van der Waals surface area contributed by atoms with Crippen LogP contribution in [-0.4, -0.2) is 53.3 Å². The monoisotopic (exact) mass is 370 g/mol. The molecule has 2 rings (SSSR count). The van der Waals surface area contributed by atoms with Gasteiger partial charge in [0, 0.05) is 25.7 Å². The van der Waals surface area contributed by atoms with Crippen molar-refractivity contribution in [2.75, 3.05) is 18.8 Å². The summed E-state index contributed by atoms with van der Waals surface area (Å²) in [4.78, 5) is 12.4. The van der Waals surface area contributed by atoms with E-state index in [1.165, 1.54) is 0 Å². The van der Waals surface area contributed by atoms with E-state index in [1.807, 2.05) is 27.7 Å². The Bertz CT molecular complexity index is 697. The van der Waals surface area contributed by atoms with Crippen LogP contribution < -0.4 is 5.32 Å². The molecule has 2 heterocycles. The van der Waals surface area contributed by atoms with Crippen molar-refractivity contribution >= 4 is 15.9 Å². The van der Waals surface area contributed by atoms with E-state index in [2.05, 4.69) is 10.4 Å². The molecular formula is C17H30N4O3S. The SMILES string of the molecule is CCn1nc(C(C)C)cc1C(=O)NCCS(=O)(=O)N1CCCC[C@@H]1C. The summed E-state index contributed by atoms with van der Waals surface area (Å²) >= 11 is 0. The minimum absolute atomic E-state index is 0.0459. The molecule has 8 heteroatoms. The van der Waals surface area contributed by atoms with Gasteiger partial charge in [-0.15, -0.1) is 0 Å². The summed E-state index contributed by atoms with van der Waals surface area (Å²) in [5.74, 6) is -0.108. The summed E-state index contributed by atoms with van der Waals surface area (Å²) in [6.45, 7) is 9.21. The standard InChI is InChI=1S/C17H30N4O3S/c1-5-20-16(12-15(19-20)13(2)3)17(22)18-9-11-25(23,24)21-10-7-6-8-14(21)4/h12-14H,5-11H2,1-4H3,(H,18,22)/t14-/m0/s1. The van der Waals surface area contributed by atoms with Crippen LogP contribution in [0.1, 0.15) is 69.1 Å². The van der Waals surface area contributed by atoms with Gasteiger partial charge in [-0.25, -0.2) is 8.42 Å². The maximum absolute atomic E-state index is 12.5. The van der Waals surface area contributed by atoms with Gasteiger partial charge in [0.25, 0.3) is 5.91 Å². The van der Waals surface area contributed by atoms with Gasteiger partial charge >= 0.3 is 0 Å². The molecule has 1 N–H and O–H groups in total. The quantitative estimate of drug-likeness (QED) is 0.795. The van der Waals surface area contributed by atoms with Crippen molar-refractivity contribution in [1.29, 1.82) is 0 Å². The predicted octanol–water partition coefficient (Wildman–Crippen LogP) is 1.96. The van der Waals surface area contributed by atoms with E-state index in [0.29, 0.717) is 18.8 Å². The summed E-state index contributed by atoms with van der Waals surface area (Å²) in [5, 5.41) is 7.15. The number of hydrogen-bond acceptors (Lipinski definition) is 4. The third-order valence-electron chi connectivity index (χ3n) is 4.67. The van der Waals surface area contributed by atoms with Gasteiger partial charge in [0.15, 0.2) is 0 Å². The second-order valence-corrected chi connectivity index (χ2v) is 8.99. The molecule has 1 aromatic heterocycles. The molecule has 1 aliphatic heterocycles. The molecule has 1 atom stereocenters. The lowest BCUT2D eigenvalue weighted by Gasteiger charge is -2.32. The minimum atomic E-state index is -3.34. The zero-order chi connectivity index (χ0) is 18.6. The molecule has 0 unspecified atom stereocenters. The Morgan fingerprint density at radius 3 is 2.72 bits per heavy atom. The number of rotatable bonds is 7. The summed E-state index contributed by atoms with van der Waals surface area (Å²) in [6.07, 6.45) is 2.88. The Hall–Kier alpha value is -1.41. The molecule has 142 valence electrons. The number of hydrogen-bond donors (Lipinski definition) is 1. The van der Waals surface area contributed by atoms with Crippen LogP contribution in [0, 0.1) is 0 Å². The molecule has 1 saturated heterocycles. The molecular weight excluding hydrogens is 340 g/mol. The van der Waals surface area contributed by atoms with E-state index < -0.39 is 10.0 Å². The average Bonchev–Trinajstić information content (AvgIpc) is 2.99. The summed E-state index contributed by atoms with van der Waals surface area (Å²) in [7, 11) is -3.34. The van der Waals surface area contributed by atoms with Crippen LogP contribution in [0.25, 0.3) is 0 Å². The molecule has 0 saturated carbocycles. The van der Waals surface area contributed by atoms with Crippen molar-refractivity contribution in [1.82, 2.24) is 19.4 Å². The fourth-order valence-corrected chi connectivity index (χ4v) is 4.78. The topological polar surface area (TPSA) is 84.3 Å². The molecule has 0 aromatic carbocycles. The molecule has 0 bridgehead atoms. The lowest BCUT2D eigenvalue weighted by atomic mass is 10.1. The van der Waals surface area contributed by atoms with Gasteiger partial charge < -0.3 is 5.32 Å². The van der Waals surface area contributed by atoms with Crippen molar-refractivity contribution in [2.45, 2.75) is 65.5 Å². The van der Waals surface area contributed by atoms with Crippen molar-refractivity contribution in [3.63, 3.8) is 0 Å². The highest BCUT2D eigenvalue weighted by atomic mass is 32.2. The molecule has 1 aliphatic rings. The number of aromatic nitrogens is 2. The predicted molar refractivity (Wildman–Crippen MR) is 98.1 cm³/mol. The number of carbonyl (C=O) groups is 1. The number of nitrogens with one attached hydrogen (secondary N) is 1. The zero-order valence-electron chi connectivity index (χ0n) is 15.7. The van der Waals surface area contributed by atoms with E-state index in [0.717, 1.165) is 25.0 Å². The lowest BCUT2D eigenvalue weighted by Crippen LogP contribution is -2.45. The van der Waals surface area contributed by atoms with Crippen LogP contribution >= 0.6 is 0 Å². The van der Waals surface area contributed by atoms with Crippen molar-refractivity contribution < 1.29 is 13.2 Å². The Balaban J connectivity index is 1.96. The summed E-state index contributed by atoms with van der Waals surface area (Å²) in [5.41, 5.74) is 1.34. The van der Waals surface area contributed by atoms with Crippen LogP contribution in [0.4, 0.5) is 0 Å². The Morgan fingerprint density at radius 1 is 1.40 bits per heavy atom. The van der Waals surface area contributed by atoms with Gasteiger partial charge in [0.1, 0.15) is 5.69 Å². The molecule has 1 amide bonds. The molecule has 1 aromatic rings. The van der Waals surface area contributed by atoms with E-state index in [4.69, 9.17) is 0 Å². The smallest absolute Gasteiger partial charge is 0.269 e. The van der Waals surface area contributed by atoms with Gasteiger partial charge in [0.05, 0.1) is 11.4 Å². The number of nitrogens with zero attached hydrogens (tertiary/aromatic N) is 3. The first-order valence-electron chi connectivity index (χ1n) is 9.11. The maximum atomic E-state index is 12.5. The Labute approximate surface area is 150 Å². The normalized spacial score (nSPS) is 19.3. The average molecular weight is 371 g/mol. The summed E-state index contributed by atoms with van der Waals surface area (Å²) < 4.78 is 28.2. The highest BCUT2D eigenvalue weighted by molar-refractivity contribution is 7.89. The number of piperidine rings is 1. The van der Waals surface area contributed by atoms with Crippen molar-refractivity contribution in [2.24, 2.45) is 0 Å². The van der Waals surface area contributed by atoms with Crippen molar-refractivity contribution in [3.05, 3.63) is 17.5 Å². The minimum Gasteiger partial charge on any atom is -0.350 e. The van der Waals surface area contributed by atoms with Crippen molar-refractivity contribution in [3.8, 4) is 0 Å². The largest absolute Gasteiger partial charge is 0.350 e. The molecule has 0 spiro atoms. The summed E-state index contributed by atoms with van der Waals surface area (Å²) in [6, 6.07) is 1.83. The highest BCUT2D eigenvalue weighted by Crippen LogP contribution is 2.20. The second kappa shape index (κ2) is 8.31. The first kappa shape index (κ1) is 19.9. The van der Waals surface area contributed by atoms with Crippen LogP contribution in [0.15, 0.2) is 6.07 Å². The fraction of sp³-hybridized carbons (Fsp3) is 0.765. The van der Waals surface area contributed by atoms with Crippen LogP contribution in [0.5, 0.6) is 0 Å². The fourth-order valence-electron chi connectivity index (χ4n) is 3.13. The Kier molecular flexibility index (Phi) is 6.62. The van der Waals surface area contributed by atoms with E-state index in [1.54, 1.807) is 15.1 Å². The van der Waals surface area contributed by atoms with Gasteiger partial charge in [-0.2, -0.15) is 9.40 Å². The Morgan fingerprint density at radius 2 is 2.12 bits per heavy atom. The zero-order valence-corrected chi connectivity index (χ0v) is 16.5. The van der Waals surface area contributed by atoms with E-state index >= 15 is 0 Å². The van der Waals surface area contributed by atoms with E-state index in [9.17, 15) is 13.2 Å². The van der Waals surface area contributed by atoms with Crippen LogP contribution in [-0.2, 0) is 16.6 Å². The number of aryl methyl sites for hydroxylation is 1. The number of carbonyl (C=O) groups excluding carboxylic acids is 1. The molecule has 7 nitrogen and oxygen atoms in total. The van der Waals surface area contributed by atoms with Crippen LogP contribution in [0.3, 0.4) is 0 Å². The van der Waals surface area contributed by atoms with Gasteiger partial charge in [-0.3, -0.25) is 9.48 Å². The molecule has 0 aliphatic carbocycles. The first-order chi connectivity index (χ1) is 11.8. The third kappa shape index (κ3) is 4.82. The maximum Gasteiger partial charge on any atom is 0.269 e. The first-order valence-corrected chi connectivity index (χ1v) is 10.7. The van der Waals surface area contributed by atoms with Gasteiger partial charge in [0.2, 0.25) is 10.0 Å². The van der Waals surface area contributed by atoms with Gasteiger partial charge in [-0.1, -0.05) is 20.3 Å². The highest BCUT2D eigenvalue weighted by Gasteiger charge is 2.29. The van der Waals surface area contributed by atoms with Gasteiger partial charge in [-0.05, 0) is 38.7 Å².